The summed E-state index contributed by atoms with van der Waals surface area (Å²) in [6, 6.07) is 20.1. The summed E-state index contributed by atoms with van der Waals surface area (Å²) in [5, 5.41) is 12.2. The van der Waals surface area contributed by atoms with Crippen LogP contribution in [-0.4, -0.2) is 26.4 Å². The van der Waals surface area contributed by atoms with Crippen molar-refractivity contribution in [2.45, 2.75) is 24.5 Å². The van der Waals surface area contributed by atoms with E-state index in [0.29, 0.717) is 5.75 Å². The lowest BCUT2D eigenvalue weighted by molar-refractivity contribution is -0.119. The van der Waals surface area contributed by atoms with E-state index in [1.54, 1.807) is 0 Å². The van der Waals surface area contributed by atoms with Gasteiger partial charge in [-0.2, -0.15) is 0 Å². The first kappa shape index (κ1) is 18.2. The van der Waals surface area contributed by atoms with Gasteiger partial charge in [0.2, 0.25) is 5.91 Å². The second kappa shape index (κ2) is 8.67. The lowest BCUT2D eigenvalue weighted by Gasteiger charge is -2.14. The van der Waals surface area contributed by atoms with Crippen LogP contribution in [-0.2, 0) is 18.3 Å². The van der Waals surface area contributed by atoms with Crippen molar-refractivity contribution in [3.8, 4) is 0 Å². The molecule has 2 aromatic carbocycles. The number of hydrogen-bond donors (Lipinski definition) is 1. The lowest BCUT2D eigenvalue weighted by atomic mass is 10.1. The Bertz CT molecular complexity index is 849. The van der Waals surface area contributed by atoms with Crippen LogP contribution in [0.3, 0.4) is 0 Å². The minimum Gasteiger partial charge on any atom is -0.349 e. The second-order valence-corrected chi connectivity index (χ2v) is 7.05. The molecule has 1 heterocycles. The van der Waals surface area contributed by atoms with Crippen LogP contribution in [0.1, 0.15) is 29.9 Å². The SMILES string of the molecule is C[C@H](NC(=O)CSc1nnc(Cc2ccccc2)n1C)c1ccccc1. The first-order chi connectivity index (χ1) is 12.6. The van der Waals surface area contributed by atoms with E-state index >= 15 is 0 Å². The Morgan fingerprint density at radius 1 is 1.08 bits per heavy atom. The fourth-order valence-electron chi connectivity index (χ4n) is 2.64. The third-order valence-corrected chi connectivity index (χ3v) is 5.16. The fourth-order valence-corrected chi connectivity index (χ4v) is 3.38. The van der Waals surface area contributed by atoms with E-state index in [1.807, 2.05) is 67.1 Å². The molecule has 1 atom stereocenters. The highest BCUT2D eigenvalue weighted by Crippen LogP contribution is 2.18. The molecule has 1 amide bonds. The number of hydrogen-bond acceptors (Lipinski definition) is 4. The first-order valence-corrected chi connectivity index (χ1v) is 9.51. The summed E-state index contributed by atoms with van der Waals surface area (Å²) in [6.07, 6.45) is 0.724. The predicted octanol–water partition coefficient (Wildman–Crippen LogP) is 3.38. The summed E-state index contributed by atoms with van der Waals surface area (Å²) < 4.78 is 1.95. The molecule has 0 saturated carbocycles. The number of carbonyl (C=O) groups excluding carboxylic acids is 1. The van der Waals surface area contributed by atoms with Crippen LogP contribution in [0.4, 0.5) is 0 Å². The third kappa shape index (κ3) is 4.73. The summed E-state index contributed by atoms with van der Waals surface area (Å²) in [4.78, 5) is 12.2. The van der Waals surface area contributed by atoms with E-state index in [9.17, 15) is 4.79 Å². The molecule has 0 aliphatic heterocycles. The molecule has 134 valence electrons. The fraction of sp³-hybridized carbons (Fsp3) is 0.250. The Kier molecular flexibility index (Phi) is 6.07. The zero-order chi connectivity index (χ0) is 18.4. The van der Waals surface area contributed by atoms with E-state index in [-0.39, 0.29) is 11.9 Å². The molecule has 0 saturated heterocycles. The van der Waals surface area contributed by atoms with Crippen LogP contribution in [0, 0.1) is 0 Å². The van der Waals surface area contributed by atoms with E-state index < -0.39 is 0 Å². The highest BCUT2D eigenvalue weighted by Gasteiger charge is 2.13. The van der Waals surface area contributed by atoms with Gasteiger partial charge in [-0.3, -0.25) is 4.79 Å². The Morgan fingerprint density at radius 3 is 2.42 bits per heavy atom. The summed E-state index contributed by atoms with van der Waals surface area (Å²) >= 11 is 1.40. The summed E-state index contributed by atoms with van der Waals surface area (Å²) in [7, 11) is 1.94. The van der Waals surface area contributed by atoms with Crippen molar-refractivity contribution in [2.24, 2.45) is 7.05 Å². The zero-order valence-electron chi connectivity index (χ0n) is 14.9. The van der Waals surface area contributed by atoms with Crippen molar-refractivity contribution in [1.29, 1.82) is 0 Å². The van der Waals surface area contributed by atoms with E-state index in [2.05, 4.69) is 27.6 Å². The summed E-state index contributed by atoms with van der Waals surface area (Å²) in [5.74, 6) is 1.19. The zero-order valence-corrected chi connectivity index (χ0v) is 15.7. The molecular weight excluding hydrogens is 344 g/mol. The quantitative estimate of drug-likeness (QED) is 0.651. The van der Waals surface area contributed by atoms with Gasteiger partial charge < -0.3 is 9.88 Å². The van der Waals surface area contributed by atoms with Gasteiger partial charge >= 0.3 is 0 Å². The Labute approximate surface area is 157 Å². The maximum absolute atomic E-state index is 12.2. The van der Waals surface area contributed by atoms with Crippen LogP contribution in [0.5, 0.6) is 0 Å². The van der Waals surface area contributed by atoms with Crippen molar-refractivity contribution in [3.63, 3.8) is 0 Å². The number of nitrogens with one attached hydrogen (secondary N) is 1. The van der Waals surface area contributed by atoms with Gasteiger partial charge in [0.25, 0.3) is 0 Å². The van der Waals surface area contributed by atoms with Gasteiger partial charge in [0.1, 0.15) is 5.82 Å². The molecule has 5 nitrogen and oxygen atoms in total. The molecule has 0 aliphatic rings. The number of nitrogens with zero attached hydrogens (tertiary/aromatic N) is 3. The number of aromatic nitrogens is 3. The van der Waals surface area contributed by atoms with Crippen molar-refractivity contribution >= 4 is 17.7 Å². The van der Waals surface area contributed by atoms with Crippen molar-refractivity contribution in [2.75, 3.05) is 5.75 Å². The number of carbonyl (C=O) groups is 1. The second-order valence-electron chi connectivity index (χ2n) is 6.11. The average Bonchev–Trinajstić information content (AvgIpc) is 3.01. The summed E-state index contributed by atoms with van der Waals surface area (Å²) in [5.41, 5.74) is 2.28. The normalized spacial score (nSPS) is 11.9. The van der Waals surface area contributed by atoms with Crippen LogP contribution in [0.15, 0.2) is 65.8 Å². The predicted molar refractivity (Wildman–Crippen MR) is 104 cm³/mol. The maximum Gasteiger partial charge on any atom is 0.230 e. The topological polar surface area (TPSA) is 59.8 Å². The smallest absolute Gasteiger partial charge is 0.230 e. The molecule has 0 spiro atoms. The Balaban J connectivity index is 1.54. The van der Waals surface area contributed by atoms with Gasteiger partial charge in [0.15, 0.2) is 5.16 Å². The van der Waals surface area contributed by atoms with Gasteiger partial charge in [-0.05, 0) is 18.1 Å². The van der Waals surface area contributed by atoms with Crippen molar-refractivity contribution in [3.05, 3.63) is 77.6 Å². The molecule has 3 aromatic rings. The standard InChI is InChI=1S/C20H22N4OS/c1-15(17-11-7-4-8-12-17)21-19(25)14-26-20-23-22-18(24(20)2)13-16-9-5-3-6-10-16/h3-12,15H,13-14H2,1-2H3,(H,21,25)/t15-/m0/s1. The van der Waals surface area contributed by atoms with Crippen LogP contribution >= 0.6 is 11.8 Å². The van der Waals surface area contributed by atoms with Gasteiger partial charge in [-0.15, -0.1) is 10.2 Å². The van der Waals surface area contributed by atoms with Crippen LogP contribution in [0.2, 0.25) is 0 Å². The molecule has 26 heavy (non-hydrogen) atoms. The first-order valence-electron chi connectivity index (χ1n) is 8.53. The number of amides is 1. The molecule has 0 unspecified atom stereocenters. The Morgan fingerprint density at radius 2 is 1.73 bits per heavy atom. The molecule has 0 radical (unpaired) electrons. The largest absolute Gasteiger partial charge is 0.349 e. The monoisotopic (exact) mass is 366 g/mol. The number of rotatable bonds is 7. The third-order valence-electron chi connectivity index (χ3n) is 4.14. The van der Waals surface area contributed by atoms with Gasteiger partial charge in [0.05, 0.1) is 11.8 Å². The lowest BCUT2D eigenvalue weighted by Crippen LogP contribution is -2.28. The molecule has 0 bridgehead atoms. The van der Waals surface area contributed by atoms with Gasteiger partial charge in [-0.1, -0.05) is 72.4 Å². The van der Waals surface area contributed by atoms with Gasteiger partial charge in [-0.25, -0.2) is 0 Å². The molecule has 0 fully saturated rings. The highest BCUT2D eigenvalue weighted by molar-refractivity contribution is 7.99. The van der Waals surface area contributed by atoms with Crippen LogP contribution < -0.4 is 5.32 Å². The maximum atomic E-state index is 12.2. The van der Waals surface area contributed by atoms with Crippen molar-refractivity contribution in [1.82, 2.24) is 20.1 Å². The number of benzene rings is 2. The minimum absolute atomic E-state index is 0.0148. The molecule has 1 aromatic heterocycles. The highest BCUT2D eigenvalue weighted by atomic mass is 32.2. The summed E-state index contributed by atoms with van der Waals surface area (Å²) in [6.45, 7) is 1.98. The molecule has 0 aliphatic carbocycles. The molecule has 6 heteroatoms. The van der Waals surface area contributed by atoms with Crippen LogP contribution in [0.25, 0.3) is 0 Å². The van der Waals surface area contributed by atoms with Gasteiger partial charge in [0, 0.05) is 13.5 Å². The Hall–Kier alpha value is -2.60. The average molecular weight is 366 g/mol. The van der Waals surface area contributed by atoms with E-state index in [1.165, 1.54) is 17.3 Å². The molecule has 3 rings (SSSR count). The van der Waals surface area contributed by atoms with E-state index in [4.69, 9.17) is 0 Å². The molecular formula is C20H22N4OS. The molecule has 1 N–H and O–H groups in total. The number of thioether (sulfide) groups is 1. The van der Waals surface area contributed by atoms with Crippen molar-refractivity contribution < 1.29 is 4.79 Å². The minimum atomic E-state index is -0.0163. The van der Waals surface area contributed by atoms with E-state index in [0.717, 1.165) is 23.0 Å².